The van der Waals surface area contributed by atoms with Crippen molar-refractivity contribution in [2.45, 2.75) is 13.3 Å². The average Bonchev–Trinajstić information content (AvgIpc) is 2.43. The Balaban J connectivity index is 0.000000845. The number of benzene rings is 1. The molecule has 0 unspecified atom stereocenters. The van der Waals surface area contributed by atoms with Crippen LogP contribution in [0.3, 0.4) is 0 Å². The summed E-state index contributed by atoms with van der Waals surface area (Å²) in [6.45, 7) is 2.06. The van der Waals surface area contributed by atoms with Crippen LogP contribution in [0.25, 0.3) is 11.1 Å². The standard InChI is InChI=1S/C9H9NO2.H2/c1-2-6-3-4-7-8(5-6)12-9(11)10-7;/h3-5H,2H2,1H3,(H,10,11);1H. The van der Waals surface area contributed by atoms with Crippen LogP contribution < -0.4 is 5.76 Å². The lowest BCUT2D eigenvalue weighted by molar-refractivity contribution is 0.555. The zero-order valence-electron chi connectivity index (χ0n) is 6.76. The van der Waals surface area contributed by atoms with Crippen molar-refractivity contribution in [3.63, 3.8) is 0 Å². The van der Waals surface area contributed by atoms with Crippen molar-refractivity contribution in [1.82, 2.24) is 4.98 Å². The van der Waals surface area contributed by atoms with Crippen LogP contribution in [0, 0.1) is 0 Å². The summed E-state index contributed by atoms with van der Waals surface area (Å²) in [5.74, 6) is -0.391. The zero-order valence-corrected chi connectivity index (χ0v) is 6.76. The van der Waals surface area contributed by atoms with E-state index in [1.807, 2.05) is 18.2 Å². The van der Waals surface area contributed by atoms with Crippen LogP contribution in [0.5, 0.6) is 0 Å². The Kier molecular flexibility index (Phi) is 1.50. The van der Waals surface area contributed by atoms with Gasteiger partial charge in [0.1, 0.15) is 0 Å². The highest BCUT2D eigenvalue weighted by molar-refractivity contribution is 5.72. The van der Waals surface area contributed by atoms with Crippen molar-refractivity contribution in [2.24, 2.45) is 0 Å². The monoisotopic (exact) mass is 165 g/mol. The van der Waals surface area contributed by atoms with Crippen molar-refractivity contribution in [3.8, 4) is 0 Å². The van der Waals surface area contributed by atoms with E-state index in [0.717, 1.165) is 11.9 Å². The van der Waals surface area contributed by atoms with Crippen molar-refractivity contribution >= 4 is 11.1 Å². The topological polar surface area (TPSA) is 46.0 Å². The molecule has 0 bridgehead atoms. The maximum Gasteiger partial charge on any atom is 0.417 e. The van der Waals surface area contributed by atoms with E-state index in [9.17, 15) is 4.79 Å². The largest absolute Gasteiger partial charge is 0.417 e. The van der Waals surface area contributed by atoms with Crippen molar-refractivity contribution in [1.29, 1.82) is 0 Å². The molecular formula is C9H11NO2. The van der Waals surface area contributed by atoms with Gasteiger partial charge in [0.15, 0.2) is 5.58 Å². The summed E-state index contributed by atoms with van der Waals surface area (Å²) in [5, 5.41) is 0. The summed E-state index contributed by atoms with van der Waals surface area (Å²) < 4.78 is 4.90. The summed E-state index contributed by atoms with van der Waals surface area (Å²) in [6.07, 6.45) is 0.949. The summed E-state index contributed by atoms with van der Waals surface area (Å²) in [4.78, 5) is 13.4. The molecule has 0 saturated carbocycles. The number of hydrogen-bond acceptors (Lipinski definition) is 2. The van der Waals surface area contributed by atoms with E-state index >= 15 is 0 Å². The Morgan fingerprint density at radius 3 is 3.17 bits per heavy atom. The second kappa shape index (κ2) is 2.52. The maximum atomic E-state index is 10.8. The van der Waals surface area contributed by atoms with Crippen LogP contribution in [0.15, 0.2) is 27.4 Å². The molecular weight excluding hydrogens is 154 g/mol. The second-order valence-electron chi connectivity index (χ2n) is 2.70. The lowest BCUT2D eigenvalue weighted by atomic mass is 10.2. The zero-order chi connectivity index (χ0) is 8.55. The van der Waals surface area contributed by atoms with Gasteiger partial charge in [-0.3, -0.25) is 4.98 Å². The fourth-order valence-corrected chi connectivity index (χ4v) is 1.21. The number of rotatable bonds is 1. The first kappa shape index (κ1) is 7.16. The summed E-state index contributed by atoms with van der Waals surface area (Å²) >= 11 is 0. The molecule has 1 N–H and O–H groups in total. The molecule has 2 rings (SSSR count). The number of nitrogens with one attached hydrogen (secondary N) is 1. The number of H-pyrrole nitrogens is 1. The van der Waals surface area contributed by atoms with E-state index < -0.39 is 5.76 Å². The van der Waals surface area contributed by atoms with Gasteiger partial charge in [0.05, 0.1) is 5.52 Å². The number of hydrogen-bond donors (Lipinski definition) is 1. The van der Waals surface area contributed by atoms with Gasteiger partial charge in [-0.05, 0) is 24.1 Å². The van der Waals surface area contributed by atoms with E-state index in [-0.39, 0.29) is 1.43 Å². The first-order valence-electron chi connectivity index (χ1n) is 3.91. The second-order valence-corrected chi connectivity index (χ2v) is 2.70. The predicted molar refractivity (Wildman–Crippen MR) is 48.3 cm³/mol. The smallest absolute Gasteiger partial charge is 0.408 e. The minimum Gasteiger partial charge on any atom is -0.408 e. The van der Waals surface area contributed by atoms with Crippen molar-refractivity contribution < 1.29 is 5.84 Å². The van der Waals surface area contributed by atoms with Crippen LogP contribution in [-0.2, 0) is 6.42 Å². The van der Waals surface area contributed by atoms with Gasteiger partial charge in [0, 0.05) is 1.43 Å². The van der Waals surface area contributed by atoms with E-state index in [1.54, 1.807) is 0 Å². The highest BCUT2D eigenvalue weighted by Gasteiger charge is 1.99. The summed E-state index contributed by atoms with van der Waals surface area (Å²) in [5.41, 5.74) is 2.57. The fraction of sp³-hybridized carbons (Fsp3) is 0.222. The fourth-order valence-electron chi connectivity index (χ4n) is 1.21. The SMILES string of the molecule is CCc1ccc2[nH]c(=O)oc2c1.[HH]. The molecule has 1 aromatic carbocycles. The van der Waals surface area contributed by atoms with E-state index in [4.69, 9.17) is 4.42 Å². The lowest BCUT2D eigenvalue weighted by Gasteiger charge is -1.92. The molecule has 0 saturated heterocycles. The van der Waals surface area contributed by atoms with Crippen molar-refractivity contribution in [3.05, 3.63) is 34.3 Å². The highest BCUT2D eigenvalue weighted by Crippen LogP contribution is 2.12. The van der Waals surface area contributed by atoms with Crippen LogP contribution >= 0.6 is 0 Å². The molecule has 0 fully saturated rings. The molecule has 0 aliphatic heterocycles. The Bertz CT molecular complexity index is 458. The average molecular weight is 165 g/mol. The van der Waals surface area contributed by atoms with Gasteiger partial charge in [0.25, 0.3) is 0 Å². The number of oxazole rings is 1. The Labute approximate surface area is 70.5 Å². The van der Waals surface area contributed by atoms with Gasteiger partial charge in [-0.25, -0.2) is 4.79 Å². The van der Waals surface area contributed by atoms with Crippen LogP contribution in [-0.4, -0.2) is 4.98 Å². The molecule has 12 heavy (non-hydrogen) atoms. The first-order chi connectivity index (χ1) is 5.79. The third-order valence-electron chi connectivity index (χ3n) is 1.89. The molecule has 0 atom stereocenters. The third kappa shape index (κ3) is 1.03. The maximum absolute atomic E-state index is 10.8. The minimum absolute atomic E-state index is 0. The summed E-state index contributed by atoms with van der Waals surface area (Å²) in [7, 11) is 0. The van der Waals surface area contributed by atoms with E-state index in [0.29, 0.717) is 5.58 Å². The van der Waals surface area contributed by atoms with Gasteiger partial charge in [-0.1, -0.05) is 13.0 Å². The quantitative estimate of drug-likeness (QED) is 0.701. The highest BCUT2D eigenvalue weighted by atomic mass is 16.4. The van der Waals surface area contributed by atoms with Gasteiger partial charge >= 0.3 is 5.76 Å². The molecule has 0 spiro atoms. The van der Waals surface area contributed by atoms with Gasteiger partial charge in [-0.2, -0.15) is 0 Å². The van der Waals surface area contributed by atoms with Crippen LogP contribution in [0.4, 0.5) is 0 Å². The molecule has 1 aromatic heterocycles. The number of aromatic nitrogens is 1. The normalized spacial score (nSPS) is 10.8. The molecule has 64 valence electrons. The number of aryl methyl sites for hydroxylation is 1. The van der Waals surface area contributed by atoms with E-state index in [2.05, 4.69) is 11.9 Å². The van der Waals surface area contributed by atoms with Gasteiger partial charge in [0.2, 0.25) is 0 Å². The Morgan fingerprint density at radius 2 is 2.42 bits per heavy atom. The molecule has 0 aliphatic rings. The molecule has 2 aromatic rings. The molecule has 1 heterocycles. The Hall–Kier alpha value is -1.51. The number of fused-ring (bicyclic) bond motifs is 1. The summed E-state index contributed by atoms with van der Waals surface area (Å²) in [6, 6.07) is 5.72. The number of aromatic amines is 1. The third-order valence-corrected chi connectivity index (χ3v) is 1.89. The van der Waals surface area contributed by atoms with Crippen molar-refractivity contribution in [2.75, 3.05) is 0 Å². The van der Waals surface area contributed by atoms with Gasteiger partial charge < -0.3 is 4.42 Å². The first-order valence-corrected chi connectivity index (χ1v) is 3.91. The van der Waals surface area contributed by atoms with E-state index in [1.165, 1.54) is 5.56 Å². The predicted octanol–water partition coefficient (Wildman–Crippen LogP) is 1.93. The molecule has 0 amide bonds. The lowest BCUT2D eigenvalue weighted by Crippen LogP contribution is -1.92. The molecule has 0 radical (unpaired) electrons. The minimum atomic E-state index is -0.391. The van der Waals surface area contributed by atoms with Crippen LogP contribution in [0.1, 0.15) is 13.9 Å². The van der Waals surface area contributed by atoms with Gasteiger partial charge in [-0.15, -0.1) is 0 Å². The Morgan fingerprint density at radius 1 is 1.58 bits per heavy atom. The molecule has 3 heteroatoms. The van der Waals surface area contributed by atoms with Crippen LogP contribution in [0.2, 0.25) is 0 Å². The molecule has 0 aliphatic carbocycles. The molecule has 3 nitrogen and oxygen atoms in total.